The molecule has 11 heavy (non-hydrogen) atoms. The Bertz CT molecular complexity index is 398. The van der Waals surface area contributed by atoms with Gasteiger partial charge in [0.2, 0.25) is 5.28 Å². The Morgan fingerprint density at radius 3 is 3.00 bits per heavy atom. The molecule has 0 amide bonds. The fourth-order valence-electron chi connectivity index (χ4n) is 0.865. The Balaban J connectivity index is 2.90. The van der Waals surface area contributed by atoms with Gasteiger partial charge >= 0.3 is 0 Å². The van der Waals surface area contributed by atoms with Crippen molar-refractivity contribution in [1.82, 2.24) is 14.4 Å². The van der Waals surface area contributed by atoms with Crippen molar-refractivity contribution >= 4 is 33.2 Å². The molecule has 3 nitrogen and oxygen atoms in total. The van der Waals surface area contributed by atoms with E-state index in [1.54, 1.807) is 4.40 Å². The smallest absolute Gasteiger partial charge is 0.209 e. The van der Waals surface area contributed by atoms with Gasteiger partial charge < -0.3 is 0 Å². The molecule has 0 N–H and O–H groups in total. The first-order valence-corrected chi connectivity index (χ1v) is 4.08. The molecule has 0 spiro atoms. The Morgan fingerprint density at radius 2 is 2.27 bits per heavy atom. The third-order valence-corrected chi connectivity index (χ3v) is 2.03. The van der Waals surface area contributed by atoms with Gasteiger partial charge in [0.15, 0.2) is 0 Å². The summed E-state index contributed by atoms with van der Waals surface area (Å²) in [4.78, 5) is 7.82. The first kappa shape index (κ1) is 7.06. The molecule has 0 radical (unpaired) electrons. The fourth-order valence-corrected chi connectivity index (χ4v) is 1.45. The molecular formula is C6H3BrClN3. The van der Waals surface area contributed by atoms with Gasteiger partial charge in [-0.1, -0.05) is 0 Å². The van der Waals surface area contributed by atoms with Gasteiger partial charge in [0.25, 0.3) is 0 Å². The van der Waals surface area contributed by atoms with E-state index in [4.69, 9.17) is 11.6 Å². The third-order valence-electron chi connectivity index (χ3n) is 1.32. The molecule has 0 aliphatic rings. The third kappa shape index (κ3) is 1.12. The van der Waals surface area contributed by atoms with Crippen LogP contribution in [0.3, 0.4) is 0 Å². The molecule has 0 fully saturated rings. The minimum atomic E-state index is 0.417. The molecule has 0 aromatic carbocycles. The quantitative estimate of drug-likeness (QED) is 0.697. The molecule has 0 saturated heterocycles. The first-order chi connectivity index (χ1) is 5.27. The summed E-state index contributed by atoms with van der Waals surface area (Å²) in [5.41, 5.74) is 0.789. The van der Waals surface area contributed by atoms with Gasteiger partial charge in [0, 0.05) is 10.7 Å². The molecular weight excluding hydrogens is 229 g/mol. The van der Waals surface area contributed by atoms with Crippen molar-refractivity contribution in [1.29, 1.82) is 0 Å². The van der Waals surface area contributed by atoms with E-state index in [2.05, 4.69) is 25.9 Å². The zero-order chi connectivity index (χ0) is 7.84. The average Bonchev–Trinajstić information content (AvgIpc) is 2.31. The predicted molar refractivity (Wildman–Crippen MR) is 45.7 cm³/mol. The topological polar surface area (TPSA) is 30.2 Å². The lowest BCUT2D eigenvalue weighted by Crippen LogP contribution is -1.89. The molecule has 2 heterocycles. The number of fused-ring (bicyclic) bond motifs is 1. The van der Waals surface area contributed by atoms with Crippen LogP contribution in [0.2, 0.25) is 5.28 Å². The van der Waals surface area contributed by atoms with Crippen LogP contribution in [0.4, 0.5) is 0 Å². The van der Waals surface area contributed by atoms with E-state index < -0.39 is 0 Å². The maximum Gasteiger partial charge on any atom is 0.209 e. The number of aromatic nitrogens is 3. The van der Waals surface area contributed by atoms with Crippen LogP contribution in [0.1, 0.15) is 0 Å². The van der Waals surface area contributed by atoms with E-state index >= 15 is 0 Å². The van der Waals surface area contributed by atoms with Crippen molar-refractivity contribution in [2.24, 2.45) is 0 Å². The SMILES string of the molecule is Clc1ncnc2cc(Br)cn12. The summed E-state index contributed by atoms with van der Waals surface area (Å²) in [6, 6.07) is 1.87. The molecule has 0 aliphatic carbocycles. The van der Waals surface area contributed by atoms with Crippen LogP contribution in [-0.2, 0) is 0 Å². The molecule has 0 atom stereocenters. The number of halogens is 2. The van der Waals surface area contributed by atoms with E-state index in [0.717, 1.165) is 10.1 Å². The first-order valence-electron chi connectivity index (χ1n) is 2.91. The van der Waals surface area contributed by atoms with Gasteiger partial charge in [-0.2, -0.15) is 0 Å². The lowest BCUT2D eigenvalue weighted by Gasteiger charge is -1.92. The van der Waals surface area contributed by atoms with Crippen LogP contribution in [0.15, 0.2) is 23.1 Å². The van der Waals surface area contributed by atoms with Crippen molar-refractivity contribution in [3.05, 3.63) is 28.3 Å². The van der Waals surface area contributed by atoms with Crippen LogP contribution >= 0.6 is 27.5 Å². The highest BCUT2D eigenvalue weighted by Crippen LogP contribution is 2.16. The van der Waals surface area contributed by atoms with Gasteiger partial charge in [0.1, 0.15) is 12.0 Å². The Kier molecular flexibility index (Phi) is 1.58. The second-order valence-corrected chi connectivity index (χ2v) is 3.28. The van der Waals surface area contributed by atoms with Gasteiger partial charge in [-0.25, -0.2) is 9.97 Å². The van der Waals surface area contributed by atoms with Crippen molar-refractivity contribution in [2.75, 3.05) is 0 Å². The summed E-state index contributed by atoms with van der Waals surface area (Å²) in [6.07, 6.45) is 3.25. The predicted octanol–water partition coefficient (Wildman–Crippen LogP) is 2.15. The standard InChI is InChI=1S/C6H3BrClN3/c7-4-1-5-9-3-10-6(8)11(5)2-4/h1-3H. The summed E-state index contributed by atoms with van der Waals surface area (Å²) in [7, 11) is 0. The van der Waals surface area contributed by atoms with E-state index in [1.165, 1.54) is 6.33 Å². The second-order valence-electron chi connectivity index (χ2n) is 2.03. The number of hydrogen-bond donors (Lipinski definition) is 0. The number of rotatable bonds is 0. The van der Waals surface area contributed by atoms with Gasteiger partial charge in [-0.05, 0) is 33.6 Å². The summed E-state index contributed by atoms with van der Waals surface area (Å²) >= 11 is 9.07. The fraction of sp³-hybridized carbons (Fsp3) is 0. The van der Waals surface area contributed by atoms with Crippen LogP contribution in [0.25, 0.3) is 5.65 Å². The maximum atomic E-state index is 5.76. The molecule has 0 unspecified atom stereocenters. The van der Waals surface area contributed by atoms with E-state index in [-0.39, 0.29) is 0 Å². The van der Waals surface area contributed by atoms with Crippen LogP contribution < -0.4 is 0 Å². The minimum absolute atomic E-state index is 0.417. The highest BCUT2D eigenvalue weighted by atomic mass is 79.9. The zero-order valence-electron chi connectivity index (χ0n) is 5.33. The lowest BCUT2D eigenvalue weighted by atomic mass is 10.6. The highest BCUT2D eigenvalue weighted by Gasteiger charge is 2.00. The van der Waals surface area contributed by atoms with Gasteiger partial charge in [-0.15, -0.1) is 0 Å². The summed E-state index contributed by atoms with van der Waals surface area (Å²) in [5.74, 6) is 0. The van der Waals surface area contributed by atoms with E-state index in [1.807, 2.05) is 12.3 Å². The molecule has 2 aromatic heterocycles. The van der Waals surface area contributed by atoms with Crippen LogP contribution in [0.5, 0.6) is 0 Å². The van der Waals surface area contributed by atoms with Crippen molar-refractivity contribution < 1.29 is 0 Å². The van der Waals surface area contributed by atoms with Crippen LogP contribution in [-0.4, -0.2) is 14.4 Å². The van der Waals surface area contributed by atoms with Gasteiger partial charge in [0.05, 0.1) is 0 Å². The minimum Gasteiger partial charge on any atom is -0.275 e. The zero-order valence-corrected chi connectivity index (χ0v) is 7.67. The maximum absolute atomic E-state index is 5.76. The highest BCUT2D eigenvalue weighted by molar-refractivity contribution is 9.10. The molecule has 0 saturated carbocycles. The van der Waals surface area contributed by atoms with E-state index in [0.29, 0.717) is 5.28 Å². The van der Waals surface area contributed by atoms with Gasteiger partial charge in [-0.3, -0.25) is 4.40 Å². The Morgan fingerprint density at radius 1 is 1.45 bits per heavy atom. The number of hydrogen-bond acceptors (Lipinski definition) is 2. The summed E-state index contributed by atoms with van der Waals surface area (Å²) in [5, 5.41) is 0.417. The normalized spacial score (nSPS) is 10.7. The molecule has 5 heteroatoms. The Hall–Kier alpha value is -0.610. The molecule has 56 valence electrons. The van der Waals surface area contributed by atoms with E-state index in [9.17, 15) is 0 Å². The summed E-state index contributed by atoms with van der Waals surface area (Å²) in [6.45, 7) is 0. The van der Waals surface area contributed by atoms with Crippen LogP contribution in [0, 0.1) is 0 Å². The largest absolute Gasteiger partial charge is 0.275 e. The van der Waals surface area contributed by atoms with Crippen molar-refractivity contribution in [3.63, 3.8) is 0 Å². The molecule has 0 aliphatic heterocycles. The Labute approximate surface area is 76.2 Å². The summed E-state index contributed by atoms with van der Waals surface area (Å²) < 4.78 is 2.64. The van der Waals surface area contributed by atoms with Crippen molar-refractivity contribution in [2.45, 2.75) is 0 Å². The molecule has 2 rings (SSSR count). The lowest BCUT2D eigenvalue weighted by molar-refractivity contribution is 1.02. The average molecular weight is 232 g/mol. The molecule has 2 aromatic rings. The second kappa shape index (κ2) is 2.46. The monoisotopic (exact) mass is 231 g/mol. The number of nitrogens with zero attached hydrogens (tertiary/aromatic N) is 3. The van der Waals surface area contributed by atoms with Crippen molar-refractivity contribution in [3.8, 4) is 0 Å². The molecule has 0 bridgehead atoms.